The number of aromatic nitrogens is 1. The van der Waals surface area contributed by atoms with Crippen LogP contribution in [-0.4, -0.2) is 36.4 Å². The first-order valence-corrected chi connectivity index (χ1v) is 7.98. The van der Waals surface area contributed by atoms with Crippen molar-refractivity contribution >= 4 is 23.1 Å². The number of pyridine rings is 1. The molecule has 0 radical (unpaired) electrons. The third-order valence-electron chi connectivity index (χ3n) is 4.27. The molecule has 2 atom stereocenters. The van der Waals surface area contributed by atoms with Crippen LogP contribution < -0.4 is 5.32 Å². The van der Waals surface area contributed by atoms with Crippen LogP contribution in [0.1, 0.15) is 18.1 Å². The molecule has 0 saturated carbocycles. The van der Waals surface area contributed by atoms with E-state index in [0.29, 0.717) is 0 Å². The molecule has 0 bridgehead atoms. The summed E-state index contributed by atoms with van der Waals surface area (Å²) < 4.78 is 49.1. The van der Waals surface area contributed by atoms with Crippen LogP contribution >= 0.6 is 11.6 Å². The standard InChI is InChI=1S/C17H17ClF3N3O/c1-10(24(2)3)25-16(17(19,20)21)12-5-4-8-22-15(12)23-14-7-6-11(18)9-13(14)16/h4-10H,1-3H3,(H,22,23). The summed E-state index contributed by atoms with van der Waals surface area (Å²) in [6.07, 6.45) is -4.10. The van der Waals surface area contributed by atoms with Gasteiger partial charge in [0.15, 0.2) is 0 Å². The molecule has 0 spiro atoms. The first-order valence-electron chi connectivity index (χ1n) is 7.60. The van der Waals surface area contributed by atoms with E-state index in [0.717, 1.165) is 0 Å². The number of nitrogens with zero attached hydrogens (tertiary/aromatic N) is 2. The normalized spacial score (nSPS) is 20.6. The lowest BCUT2D eigenvalue weighted by Gasteiger charge is -2.43. The lowest BCUT2D eigenvalue weighted by molar-refractivity contribution is -0.290. The number of rotatable bonds is 3. The molecule has 25 heavy (non-hydrogen) atoms. The molecular weight excluding hydrogens is 355 g/mol. The smallest absolute Gasteiger partial charge is 0.340 e. The van der Waals surface area contributed by atoms with Crippen LogP contribution in [-0.2, 0) is 10.3 Å². The van der Waals surface area contributed by atoms with E-state index in [9.17, 15) is 13.2 Å². The van der Waals surface area contributed by atoms with Crippen LogP contribution in [0.25, 0.3) is 0 Å². The van der Waals surface area contributed by atoms with Crippen molar-refractivity contribution in [3.63, 3.8) is 0 Å². The van der Waals surface area contributed by atoms with Crippen molar-refractivity contribution in [2.45, 2.75) is 24.9 Å². The molecule has 0 saturated heterocycles. The fraction of sp³-hybridized carbons (Fsp3) is 0.353. The molecule has 2 aromatic rings. The third-order valence-corrected chi connectivity index (χ3v) is 4.51. The number of benzene rings is 1. The molecule has 8 heteroatoms. The van der Waals surface area contributed by atoms with Crippen molar-refractivity contribution in [3.8, 4) is 0 Å². The van der Waals surface area contributed by atoms with Crippen LogP contribution in [0, 0.1) is 0 Å². The highest BCUT2D eigenvalue weighted by molar-refractivity contribution is 6.30. The summed E-state index contributed by atoms with van der Waals surface area (Å²) >= 11 is 6.00. The summed E-state index contributed by atoms with van der Waals surface area (Å²) in [6.45, 7) is 1.57. The van der Waals surface area contributed by atoms with E-state index in [1.807, 2.05) is 0 Å². The van der Waals surface area contributed by atoms with Gasteiger partial charge in [-0.2, -0.15) is 13.2 Å². The Kier molecular flexibility index (Phi) is 4.43. The van der Waals surface area contributed by atoms with Gasteiger partial charge in [-0.15, -0.1) is 0 Å². The molecule has 0 amide bonds. The Balaban J connectivity index is 2.34. The van der Waals surface area contributed by atoms with Crippen LogP contribution in [0.2, 0.25) is 5.02 Å². The number of fused-ring (bicyclic) bond motifs is 2. The van der Waals surface area contributed by atoms with E-state index in [-0.39, 0.29) is 27.7 Å². The summed E-state index contributed by atoms with van der Waals surface area (Å²) in [5.74, 6) is 0.112. The second-order valence-electron chi connectivity index (χ2n) is 6.07. The maximum absolute atomic E-state index is 14.5. The van der Waals surface area contributed by atoms with Crippen molar-refractivity contribution in [2.24, 2.45) is 0 Å². The van der Waals surface area contributed by atoms with E-state index >= 15 is 0 Å². The number of halogens is 4. The van der Waals surface area contributed by atoms with E-state index in [1.165, 1.54) is 36.5 Å². The summed E-state index contributed by atoms with van der Waals surface area (Å²) in [7, 11) is 3.30. The SMILES string of the molecule is CC(OC1(C(F)(F)F)c2cc(Cl)ccc2Nc2ncccc21)N(C)C. The van der Waals surface area contributed by atoms with E-state index in [2.05, 4.69) is 10.3 Å². The molecule has 2 unspecified atom stereocenters. The summed E-state index contributed by atoms with van der Waals surface area (Å²) in [4.78, 5) is 5.63. The number of alkyl halides is 3. The minimum Gasteiger partial charge on any atom is -0.340 e. The fourth-order valence-corrected chi connectivity index (χ4v) is 3.01. The van der Waals surface area contributed by atoms with E-state index < -0.39 is 18.0 Å². The minimum atomic E-state index is -4.73. The molecule has 134 valence electrons. The first-order chi connectivity index (χ1) is 11.7. The van der Waals surface area contributed by atoms with Crippen LogP contribution in [0.3, 0.4) is 0 Å². The highest BCUT2D eigenvalue weighted by Crippen LogP contribution is 2.55. The maximum atomic E-state index is 14.5. The highest BCUT2D eigenvalue weighted by Gasteiger charge is 2.63. The summed E-state index contributed by atoms with van der Waals surface area (Å²) in [5, 5.41) is 3.13. The predicted octanol–water partition coefficient (Wildman–Crippen LogP) is 4.52. The van der Waals surface area contributed by atoms with Gasteiger partial charge in [0, 0.05) is 28.0 Å². The third kappa shape index (κ3) is 2.86. The number of anilines is 2. The van der Waals surface area contributed by atoms with Gasteiger partial charge >= 0.3 is 6.18 Å². The summed E-state index contributed by atoms with van der Waals surface area (Å²) in [5.41, 5.74) is -2.59. The molecular formula is C17H17ClF3N3O. The zero-order valence-electron chi connectivity index (χ0n) is 13.9. The van der Waals surface area contributed by atoms with Gasteiger partial charge in [-0.05, 0) is 45.3 Å². The highest BCUT2D eigenvalue weighted by atomic mass is 35.5. The molecule has 0 aliphatic carbocycles. The number of hydrogen-bond acceptors (Lipinski definition) is 4. The Labute approximate surface area is 148 Å². The minimum absolute atomic E-state index is 0.0818. The topological polar surface area (TPSA) is 37.4 Å². The maximum Gasteiger partial charge on any atom is 0.426 e. The summed E-state index contributed by atoms with van der Waals surface area (Å²) in [6, 6.07) is 7.14. The van der Waals surface area contributed by atoms with Gasteiger partial charge in [-0.3, -0.25) is 4.90 Å². The fourth-order valence-electron chi connectivity index (χ4n) is 2.84. The first kappa shape index (κ1) is 18.0. The Morgan fingerprint density at radius 1 is 1.24 bits per heavy atom. The molecule has 1 aromatic heterocycles. The zero-order chi connectivity index (χ0) is 18.4. The molecule has 1 N–H and O–H groups in total. The number of hydrogen-bond donors (Lipinski definition) is 1. The second-order valence-corrected chi connectivity index (χ2v) is 6.51. The van der Waals surface area contributed by atoms with Gasteiger partial charge in [0.2, 0.25) is 5.60 Å². The zero-order valence-corrected chi connectivity index (χ0v) is 14.6. The molecule has 1 aliphatic heterocycles. The van der Waals surface area contributed by atoms with Crippen molar-refractivity contribution in [2.75, 3.05) is 19.4 Å². The van der Waals surface area contributed by atoms with Gasteiger partial charge in [-0.1, -0.05) is 17.7 Å². The average molecular weight is 372 g/mol. The molecule has 4 nitrogen and oxygen atoms in total. The number of nitrogens with one attached hydrogen (secondary N) is 1. The molecule has 3 rings (SSSR count). The Morgan fingerprint density at radius 2 is 1.96 bits per heavy atom. The monoisotopic (exact) mass is 371 g/mol. The van der Waals surface area contributed by atoms with Crippen LogP contribution in [0.4, 0.5) is 24.7 Å². The van der Waals surface area contributed by atoms with Gasteiger partial charge in [0.05, 0.1) is 0 Å². The largest absolute Gasteiger partial charge is 0.426 e. The van der Waals surface area contributed by atoms with Gasteiger partial charge in [0.25, 0.3) is 0 Å². The van der Waals surface area contributed by atoms with Crippen LogP contribution in [0.15, 0.2) is 36.5 Å². The van der Waals surface area contributed by atoms with Crippen molar-refractivity contribution in [3.05, 3.63) is 52.7 Å². The van der Waals surface area contributed by atoms with E-state index in [4.69, 9.17) is 16.3 Å². The molecule has 2 heterocycles. The van der Waals surface area contributed by atoms with E-state index in [1.54, 1.807) is 25.9 Å². The Bertz CT molecular complexity index is 797. The molecule has 1 aromatic carbocycles. The van der Waals surface area contributed by atoms with Gasteiger partial charge in [0.1, 0.15) is 12.0 Å². The van der Waals surface area contributed by atoms with Crippen molar-refractivity contribution in [1.29, 1.82) is 0 Å². The van der Waals surface area contributed by atoms with Gasteiger partial charge < -0.3 is 10.1 Å². The van der Waals surface area contributed by atoms with Crippen molar-refractivity contribution in [1.82, 2.24) is 9.88 Å². The predicted molar refractivity (Wildman–Crippen MR) is 90.0 cm³/mol. The Hall–Kier alpha value is -1.83. The molecule has 0 fully saturated rings. The lowest BCUT2D eigenvalue weighted by Crippen LogP contribution is -2.51. The quantitative estimate of drug-likeness (QED) is 0.805. The number of ether oxygens (including phenoxy) is 1. The second kappa shape index (κ2) is 6.16. The lowest BCUT2D eigenvalue weighted by atomic mass is 9.81. The van der Waals surface area contributed by atoms with Gasteiger partial charge in [-0.25, -0.2) is 4.98 Å². The van der Waals surface area contributed by atoms with Crippen molar-refractivity contribution < 1.29 is 17.9 Å². The van der Waals surface area contributed by atoms with Crippen LogP contribution in [0.5, 0.6) is 0 Å². The average Bonchev–Trinajstić information content (AvgIpc) is 2.53. The molecule has 1 aliphatic rings. The Morgan fingerprint density at radius 3 is 2.60 bits per heavy atom.